The summed E-state index contributed by atoms with van der Waals surface area (Å²) in [6.07, 6.45) is 9.60. The maximum Gasteiger partial charge on any atom is 0.213 e. The van der Waals surface area contributed by atoms with Gasteiger partial charge < -0.3 is 0 Å². The maximum absolute atomic E-state index is 2.57. The zero-order chi connectivity index (χ0) is 19.9. The molecular weight excluding hydrogens is 340 g/mol. The number of aryl methyl sites for hydroxylation is 2. The minimum Gasteiger partial charge on any atom is -0.205 e. The normalized spacial score (nSPS) is 14.3. The first kappa shape index (κ1) is 19.1. The Morgan fingerprint density at radius 2 is 1.64 bits per heavy atom. The predicted molar refractivity (Wildman–Crippen MR) is 116 cm³/mol. The molecule has 4 rings (SSSR count). The Kier molecular flexibility index (Phi) is 4.99. The zero-order valence-corrected chi connectivity index (χ0v) is 18.2. The van der Waals surface area contributed by atoms with Crippen molar-refractivity contribution in [2.24, 2.45) is 0 Å². The molecule has 0 spiro atoms. The van der Waals surface area contributed by atoms with Gasteiger partial charge in [0, 0.05) is 54.0 Å². The fraction of sp³-hybridized carbons (Fsp3) is 0.462. The number of hydrogen-bond donors (Lipinski definition) is 0. The van der Waals surface area contributed by atoms with Crippen LogP contribution in [0.4, 0.5) is 0 Å². The third kappa shape index (κ3) is 2.85. The van der Waals surface area contributed by atoms with E-state index in [9.17, 15) is 0 Å². The van der Waals surface area contributed by atoms with Crippen LogP contribution in [0.2, 0.25) is 0 Å². The van der Waals surface area contributed by atoms with Gasteiger partial charge in [-0.15, -0.1) is 0 Å². The summed E-state index contributed by atoms with van der Waals surface area (Å²) >= 11 is 0. The van der Waals surface area contributed by atoms with E-state index in [2.05, 4.69) is 86.5 Å². The molecule has 28 heavy (non-hydrogen) atoms. The number of fused-ring (bicyclic) bond motifs is 5. The van der Waals surface area contributed by atoms with Crippen molar-refractivity contribution in [1.82, 2.24) is 0 Å². The molecule has 0 radical (unpaired) electrons. The average molecular weight is 375 g/mol. The summed E-state index contributed by atoms with van der Waals surface area (Å²) in [5.74, 6) is 0. The molecule has 0 N–H and O–H groups in total. The fourth-order valence-electron chi connectivity index (χ4n) is 5.07. The Balaban J connectivity index is 1.99. The second kappa shape index (κ2) is 7.31. The summed E-state index contributed by atoms with van der Waals surface area (Å²) in [5, 5.41) is 1.40. The largest absolute Gasteiger partial charge is 0.213 e. The Morgan fingerprint density at radius 1 is 0.929 bits per heavy atom. The Bertz CT molecular complexity index is 1030. The smallest absolute Gasteiger partial charge is 0.205 e. The number of hydrogen-bond acceptors (Lipinski definition) is 0. The van der Waals surface area contributed by atoms with Gasteiger partial charge in [0.2, 0.25) is 5.52 Å². The minimum absolute atomic E-state index is 0.0297. The second-order valence-corrected chi connectivity index (χ2v) is 8.85. The van der Waals surface area contributed by atoms with Crippen molar-refractivity contribution in [3.05, 3.63) is 59.5 Å². The van der Waals surface area contributed by atoms with Crippen molar-refractivity contribution in [1.29, 1.82) is 0 Å². The second-order valence-electron chi connectivity index (χ2n) is 8.85. The Morgan fingerprint density at radius 3 is 2.39 bits per heavy atom. The van der Waals surface area contributed by atoms with E-state index in [0.717, 1.165) is 13.1 Å². The number of pyridine rings is 2. The molecule has 2 aromatic heterocycles. The first-order valence-corrected chi connectivity index (χ1v) is 11.0. The molecule has 0 fully saturated rings. The van der Waals surface area contributed by atoms with Crippen LogP contribution in [0, 0.1) is 6.92 Å². The van der Waals surface area contributed by atoms with Gasteiger partial charge >= 0.3 is 0 Å². The van der Waals surface area contributed by atoms with Crippen LogP contribution >= 0.6 is 0 Å². The molecule has 146 valence electrons. The van der Waals surface area contributed by atoms with Gasteiger partial charge in [-0.1, -0.05) is 52.7 Å². The van der Waals surface area contributed by atoms with Crippen molar-refractivity contribution in [3.63, 3.8) is 0 Å². The zero-order valence-electron chi connectivity index (χ0n) is 18.2. The molecule has 2 heteroatoms. The highest BCUT2D eigenvalue weighted by Gasteiger charge is 2.43. The number of rotatable bonds is 6. The molecule has 0 bridgehead atoms. The summed E-state index contributed by atoms with van der Waals surface area (Å²) < 4.78 is 4.95. The van der Waals surface area contributed by atoms with Crippen LogP contribution < -0.4 is 9.13 Å². The van der Waals surface area contributed by atoms with Crippen LogP contribution in [0.3, 0.4) is 0 Å². The van der Waals surface area contributed by atoms with Gasteiger partial charge in [-0.25, -0.2) is 4.57 Å². The molecule has 0 unspecified atom stereocenters. The summed E-state index contributed by atoms with van der Waals surface area (Å²) in [6, 6.07) is 11.4. The van der Waals surface area contributed by atoms with Gasteiger partial charge in [-0.2, -0.15) is 4.57 Å². The lowest BCUT2D eigenvalue weighted by Gasteiger charge is -2.21. The highest BCUT2D eigenvalue weighted by molar-refractivity contribution is 5.99. The molecule has 2 heterocycles. The summed E-state index contributed by atoms with van der Waals surface area (Å²) in [7, 11) is 0. The third-order valence-electron chi connectivity index (χ3n) is 6.57. The molecule has 1 aliphatic carbocycles. The number of aromatic nitrogens is 2. The molecule has 1 aliphatic rings. The number of unbranched alkanes of at least 4 members (excludes halogenated alkanes) is 2. The molecule has 0 amide bonds. The van der Waals surface area contributed by atoms with Crippen LogP contribution in [0.25, 0.3) is 22.0 Å². The molecule has 0 saturated heterocycles. The lowest BCUT2D eigenvalue weighted by atomic mass is 9.81. The summed E-state index contributed by atoms with van der Waals surface area (Å²) in [6.45, 7) is 13.9. The van der Waals surface area contributed by atoms with E-state index in [0.29, 0.717) is 0 Å². The van der Waals surface area contributed by atoms with Gasteiger partial charge in [-0.3, -0.25) is 0 Å². The van der Waals surface area contributed by atoms with Gasteiger partial charge in [0.1, 0.15) is 13.1 Å². The van der Waals surface area contributed by atoms with E-state index in [1.54, 1.807) is 0 Å². The Labute approximate surface area is 169 Å². The van der Waals surface area contributed by atoms with Gasteiger partial charge in [0.05, 0.1) is 5.39 Å². The van der Waals surface area contributed by atoms with Crippen molar-refractivity contribution in [2.75, 3.05) is 0 Å². The molecule has 0 atom stereocenters. The summed E-state index contributed by atoms with van der Waals surface area (Å²) in [4.78, 5) is 0. The third-order valence-corrected chi connectivity index (χ3v) is 6.57. The van der Waals surface area contributed by atoms with Gasteiger partial charge in [0.25, 0.3) is 0 Å². The monoisotopic (exact) mass is 374 g/mol. The van der Waals surface area contributed by atoms with E-state index >= 15 is 0 Å². The lowest BCUT2D eigenvalue weighted by Crippen LogP contribution is -2.41. The average Bonchev–Trinajstić information content (AvgIpc) is 2.94. The quantitative estimate of drug-likeness (QED) is 0.494. The number of benzene rings is 1. The molecule has 0 saturated carbocycles. The van der Waals surface area contributed by atoms with E-state index in [-0.39, 0.29) is 5.41 Å². The number of para-hydroxylation sites is 1. The van der Waals surface area contributed by atoms with Crippen LogP contribution in [-0.4, -0.2) is 0 Å². The minimum atomic E-state index is 0.0297. The van der Waals surface area contributed by atoms with Crippen molar-refractivity contribution >= 4 is 10.9 Å². The molecule has 1 aromatic carbocycles. The fourth-order valence-corrected chi connectivity index (χ4v) is 5.07. The molecule has 3 aromatic rings. The van der Waals surface area contributed by atoms with E-state index < -0.39 is 0 Å². The maximum atomic E-state index is 2.57. The SMILES string of the molecule is CCCC[n+]1ccc2c(c1)C(C)(C)c1c-2c2ccccc2[n+](CCCC)c1C. The molecule has 2 nitrogen and oxygen atoms in total. The highest BCUT2D eigenvalue weighted by atomic mass is 15.0. The number of nitrogens with zero attached hydrogens (tertiary/aromatic N) is 2. The van der Waals surface area contributed by atoms with E-state index in [1.807, 2.05) is 0 Å². The highest BCUT2D eigenvalue weighted by Crippen LogP contribution is 2.51. The van der Waals surface area contributed by atoms with Crippen molar-refractivity contribution < 1.29 is 9.13 Å². The van der Waals surface area contributed by atoms with Gasteiger partial charge in [-0.05, 0) is 11.6 Å². The van der Waals surface area contributed by atoms with E-state index in [4.69, 9.17) is 0 Å². The van der Waals surface area contributed by atoms with Crippen molar-refractivity contribution in [2.45, 2.75) is 78.8 Å². The lowest BCUT2D eigenvalue weighted by molar-refractivity contribution is -0.697. The first-order chi connectivity index (χ1) is 13.5. The van der Waals surface area contributed by atoms with Crippen LogP contribution in [0.1, 0.15) is 70.2 Å². The Hall–Kier alpha value is -2.22. The van der Waals surface area contributed by atoms with Crippen molar-refractivity contribution in [3.8, 4) is 11.1 Å². The van der Waals surface area contributed by atoms with E-state index in [1.165, 1.54) is 64.5 Å². The van der Waals surface area contributed by atoms with Crippen LogP contribution in [0.5, 0.6) is 0 Å². The van der Waals surface area contributed by atoms with Crippen LogP contribution in [0.15, 0.2) is 42.7 Å². The molecule has 0 aliphatic heterocycles. The van der Waals surface area contributed by atoms with Gasteiger partial charge in [0.15, 0.2) is 18.1 Å². The topological polar surface area (TPSA) is 7.76 Å². The summed E-state index contributed by atoms with van der Waals surface area (Å²) in [5.41, 5.74) is 8.72. The standard InChI is InChI=1S/C26H34N2/c1-6-8-15-27-17-14-20-22(18-27)26(4,5)25-19(3)28(16-9-7-2)23-13-11-10-12-21(23)24(20)25/h10-14,17-18H,6-9,15-16H2,1-5H3/q+2. The van der Waals surface area contributed by atoms with Crippen LogP contribution in [-0.2, 0) is 18.5 Å². The molecular formula is C26H34N2+2. The predicted octanol–water partition coefficient (Wildman–Crippen LogP) is 5.63. The first-order valence-electron chi connectivity index (χ1n) is 11.0.